The minimum absolute atomic E-state index is 0.421. The minimum atomic E-state index is 0.421. The molecule has 80 valence electrons. The van der Waals surface area contributed by atoms with Crippen LogP contribution in [0.3, 0.4) is 0 Å². The van der Waals surface area contributed by atoms with Crippen LogP contribution >= 0.6 is 0 Å². The molecule has 0 aliphatic heterocycles. The number of ether oxygens (including phenoxy) is 1. The Morgan fingerprint density at radius 3 is 2.46 bits per heavy atom. The quantitative estimate of drug-likeness (QED) is 0.589. The van der Waals surface area contributed by atoms with Gasteiger partial charge in [-0.15, -0.1) is 0 Å². The molecule has 2 nitrogen and oxygen atoms in total. The maximum Gasteiger partial charge on any atom is 0.0544 e. The van der Waals surface area contributed by atoms with Gasteiger partial charge in [0.1, 0.15) is 0 Å². The Kier molecular flexibility index (Phi) is 8.46. The first-order valence-corrected chi connectivity index (χ1v) is 5.49. The highest BCUT2D eigenvalue weighted by molar-refractivity contribution is 4.51. The van der Waals surface area contributed by atoms with Crippen molar-refractivity contribution in [2.75, 3.05) is 19.7 Å². The van der Waals surface area contributed by atoms with Gasteiger partial charge in [0.2, 0.25) is 0 Å². The van der Waals surface area contributed by atoms with E-state index in [0.29, 0.717) is 6.10 Å². The first kappa shape index (κ1) is 12.9. The molecule has 1 atom stereocenters. The molecule has 0 fully saturated rings. The topological polar surface area (TPSA) is 21.3 Å². The SMILES string of the molecule is CCC(C)OCCCNCC(C)C. The van der Waals surface area contributed by atoms with Gasteiger partial charge in [0.25, 0.3) is 0 Å². The molecule has 13 heavy (non-hydrogen) atoms. The summed E-state index contributed by atoms with van der Waals surface area (Å²) in [4.78, 5) is 0. The maximum atomic E-state index is 5.56. The summed E-state index contributed by atoms with van der Waals surface area (Å²) in [7, 11) is 0. The predicted molar refractivity (Wildman–Crippen MR) is 58.0 cm³/mol. The first-order chi connectivity index (χ1) is 6.16. The highest BCUT2D eigenvalue weighted by Crippen LogP contribution is 1.96. The Labute approximate surface area is 83.1 Å². The molecule has 0 aliphatic carbocycles. The van der Waals surface area contributed by atoms with E-state index in [4.69, 9.17) is 4.74 Å². The van der Waals surface area contributed by atoms with Crippen LogP contribution in [0.5, 0.6) is 0 Å². The van der Waals surface area contributed by atoms with E-state index in [0.717, 1.165) is 38.5 Å². The largest absolute Gasteiger partial charge is 0.378 e. The first-order valence-electron chi connectivity index (χ1n) is 5.49. The van der Waals surface area contributed by atoms with Crippen molar-refractivity contribution >= 4 is 0 Å². The van der Waals surface area contributed by atoms with Crippen LogP contribution in [0, 0.1) is 5.92 Å². The van der Waals surface area contributed by atoms with E-state index in [9.17, 15) is 0 Å². The Balaban J connectivity index is 2.99. The average molecular weight is 187 g/mol. The summed E-state index contributed by atoms with van der Waals surface area (Å²) in [6, 6.07) is 0. The van der Waals surface area contributed by atoms with E-state index in [1.54, 1.807) is 0 Å². The molecule has 0 saturated carbocycles. The monoisotopic (exact) mass is 187 g/mol. The van der Waals surface area contributed by atoms with Crippen molar-refractivity contribution in [3.63, 3.8) is 0 Å². The van der Waals surface area contributed by atoms with E-state index in [1.807, 2.05) is 0 Å². The number of rotatable bonds is 8. The van der Waals surface area contributed by atoms with E-state index >= 15 is 0 Å². The Hall–Kier alpha value is -0.0800. The average Bonchev–Trinajstić information content (AvgIpc) is 2.10. The Morgan fingerprint density at radius 2 is 1.92 bits per heavy atom. The summed E-state index contributed by atoms with van der Waals surface area (Å²) >= 11 is 0. The molecule has 1 N–H and O–H groups in total. The number of nitrogens with one attached hydrogen (secondary N) is 1. The van der Waals surface area contributed by atoms with Crippen molar-refractivity contribution in [3.8, 4) is 0 Å². The fourth-order valence-corrected chi connectivity index (χ4v) is 0.990. The van der Waals surface area contributed by atoms with Crippen molar-refractivity contribution in [2.45, 2.75) is 46.6 Å². The molecule has 0 aliphatic rings. The maximum absolute atomic E-state index is 5.56. The molecule has 0 aromatic heterocycles. The lowest BCUT2D eigenvalue weighted by Crippen LogP contribution is -2.22. The smallest absolute Gasteiger partial charge is 0.0544 e. The van der Waals surface area contributed by atoms with Gasteiger partial charge in [-0.25, -0.2) is 0 Å². The molecule has 0 spiro atoms. The molecule has 1 unspecified atom stereocenters. The molecule has 0 heterocycles. The lowest BCUT2D eigenvalue weighted by atomic mass is 10.2. The molecular formula is C11H25NO. The van der Waals surface area contributed by atoms with Gasteiger partial charge in [-0.1, -0.05) is 20.8 Å². The zero-order chi connectivity index (χ0) is 10.1. The van der Waals surface area contributed by atoms with Crippen molar-refractivity contribution in [1.82, 2.24) is 5.32 Å². The second-order valence-electron chi connectivity index (χ2n) is 4.04. The van der Waals surface area contributed by atoms with Crippen LogP contribution in [0.15, 0.2) is 0 Å². The predicted octanol–water partition coefficient (Wildman–Crippen LogP) is 2.44. The Morgan fingerprint density at radius 1 is 1.23 bits per heavy atom. The van der Waals surface area contributed by atoms with E-state index < -0.39 is 0 Å². The molecule has 0 radical (unpaired) electrons. The molecule has 0 bridgehead atoms. The number of hydrogen-bond donors (Lipinski definition) is 1. The van der Waals surface area contributed by atoms with E-state index in [-0.39, 0.29) is 0 Å². The van der Waals surface area contributed by atoms with Crippen LogP contribution in [0.4, 0.5) is 0 Å². The lowest BCUT2D eigenvalue weighted by Gasteiger charge is -2.11. The zero-order valence-corrected chi connectivity index (χ0v) is 9.60. The molecular weight excluding hydrogens is 162 g/mol. The van der Waals surface area contributed by atoms with Crippen molar-refractivity contribution < 1.29 is 4.74 Å². The Bertz CT molecular complexity index is 104. The summed E-state index contributed by atoms with van der Waals surface area (Å²) < 4.78 is 5.56. The highest BCUT2D eigenvalue weighted by atomic mass is 16.5. The summed E-state index contributed by atoms with van der Waals surface area (Å²) in [5.74, 6) is 0.746. The van der Waals surface area contributed by atoms with Gasteiger partial charge in [0, 0.05) is 6.61 Å². The molecule has 0 aromatic carbocycles. The highest BCUT2D eigenvalue weighted by Gasteiger charge is 1.97. The van der Waals surface area contributed by atoms with Crippen molar-refractivity contribution in [3.05, 3.63) is 0 Å². The summed E-state index contributed by atoms with van der Waals surface area (Å²) in [5, 5.41) is 3.40. The van der Waals surface area contributed by atoms with Crippen LogP contribution in [0.25, 0.3) is 0 Å². The zero-order valence-electron chi connectivity index (χ0n) is 9.60. The van der Waals surface area contributed by atoms with Crippen LogP contribution in [-0.4, -0.2) is 25.8 Å². The standard InChI is InChI=1S/C11H25NO/c1-5-11(4)13-8-6-7-12-9-10(2)3/h10-12H,5-9H2,1-4H3. The molecule has 0 aromatic rings. The summed E-state index contributed by atoms with van der Waals surface area (Å²) in [6.07, 6.45) is 2.65. The van der Waals surface area contributed by atoms with Crippen LogP contribution < -0.4 is 5.32 Å². The second kappa shape index (κ2) is 8.52. The van der Waals surface area contributed by atoms with Gasteiger partial charge in [-0.3, -0.25) is 0 Å². The lowest BCUT2D eigenvalue weighted by molar-refractivity contribution is 0.0620. The van der Waals surface area contributed by atoms with Gasteiger partial charge in [-0.05, 0) is 38.8 Å². The van der Waals surface area contributed by atoms with Gasteiger partial charge in [0.15, 0.2) is 0 Å². The van der Waals surface area contributed by atoms with Crippen molar-refractivity contribution in [2.24, 2.45) is 5.92 Å². The second-order valence-corrected chi connectivity index (χ2v) is 4.04. The van der Waals surface area contributed by atoms with Crippen LogP contribution in [0.2, 0.25) is 0 Å². The fourth-order valence-electron chi connectivity index (χ4n) is 0.990. The van der Waals surface area contributed by atoms with Gasteiger partial charge >= 0.3 is 0 Å². The molecule has 2 heteroatoms. The van der Waals surface area contributed by atoms with Crippen LogP contribution in [0.1, 0.15) is 40.5 Å². The summed E-state index contributed by atoms with van der Waals surface area (Å²) in [6.45, 7) is 11.8. The third-order valence-electron chi connectivity index (χ3n) is 2.03. The van der Waals surface area contributed by atoms with Gasteiger partial charge in [0.05, 0.1) is 6.10 Å². The third-order valence-corrected chi connectivity index (χ3v) is 2.03. The van der Waals surface area contributed by atoms with Gasteiger partial charge < -0.3 is 10.1 Å². The number of hydrogen-bond acceptors (Lipinski definition) is 2. The molecule has 0 amide bonds. The minimum Gasteiger partial charge on any atom is -0.378 e. The van der Waals surface area contributed by atoms with E-state index in [1.165, 1.54) is 0 Å². The normalized spacial score (nSPS) is 13.6. The van der Waals surface area contributed by atoms with Crippen molar-refractivity contribution in [1.29, 1.82) is 0 Å². The summed E-state index contributed by atoms with van der Waals surface area (Å²) in [5.41, 5.74) is 0. The van der Waals surface area contributed by atoms with Crippen LogP contribution in [-0.2, 0) is 4.74 Å². The van der Waals surface area contributed by atoms with E-state index in [2.05, 4.69) is 33.0 Å². The van der Waals surface area contributed by atoms with Gasteiger partial charge in [-0.2, -0.15) is 0 Å². The molecule has 0 rings (SSSR count). The molecule has 0 saturated heterocycles. The fraction of sp³-hybridized carbons (Fsp3) is 1.00. The third kappa shape index (κ3) is 9.84.